The molecule has 0 heteroatoms. The molecule has 1 aliphatic rings. The molecular formula is C12H22. The summed E-state index contributed by atoms with van der Waals surface area (Å²) in [4.78, 5) is 0. The van der Waals surface area contributed by atoms with E-state index < -0.39 is 0 Å². The van der Waals surface area contributed by atoms with E-state index >= 15 is 0 Å². The van der Waals surface area contributed by atoms with Crippen LogP contribution in [0.15, 0.2) is 12.2 Å². The van der Waals surface area contributed by atoms with Crippen molar-refractivity contribution in [3.8, 4) is 0 Å². The minimum absolute atomic E-state index is 0.525. The second-order valence-electron chi connectivity index (χ2n) is 5.14. The highest BCUT2D eigenvalue weighted by Crippen LogP contribution is 2.68. The summed E-state index contributed by atoms with van der Waals surface area (Å²) in [6.07, 6.45) is 7.28. The summed E-state index contributed by atoms with van der Waals surface area (Å²) in [6.45, 7) is 11.7. The second kappa shape index (κ2) is 2.90. The predicted octanol–water partition coefficient (Wildman–Crippen LogP) is 4.02. The maximum Gasteiger partial charge on any atom is -0.0120 e. The Labute approximate surface area is 77.1 Å². The summed E-state index contributed by atoms with van der Waals surface area (Å²) in [5.41, 5.74) is 1.05. The standard InChI is InChI=1S/C12H22/c1-6-7-8-9-10-11(2,3)12(10,4)5/h8-10H,6-7H2,1-5H3. The molecule has 0 aromatic rings. The Bertz CT molecular complexity index is 170. The average molecular weight is 166 g/mol. The maximum absolute atomic E-state index is 2.42. The second-order valence-corrected chi connectivity index (χ2v) is 5.14. The molecule has 0 aromatic carbocycles. The Balaban J connectivity index is 2.48. The first-order chi connectivity index (χ1) is 5.44. The summed E-state index contributed by atoms with van der Waals surface area (Å²) in [5, 5.41) is 0. The van der Waals surface area contributed by atoms with E-state index in [1.807, 2.05) is 0 Å². The summed E-state index contributed by atoms with van der Waals surface area (Å²) in [7, 11) is 0. The van der Waals surface area contributed by atoms with Gasteiger partial charge in [-0.25, -0.2) is 0 Å². The van der Waals surface area contributed by atoms with Crippen molar-refractivity contribution in [2.24, 2.45) is 16.7 Å². The van der Waals surface area contributed by atoms with E-state index in [0.29, 0.717) is 10.8 Å². The molecule has 0 spiro atoms. The molecule has 0 N–H and O–H groups in total. The van der Waals surface area contributed by atoms with Crippen molar-refractivity contribution in [3.05, 3.63) is 12.2 Å². The first kappa shape index (κ1) is 9.83. The zero-order valence-electron chi connectivity index (χ0n) is 9.15. The van der Waals surface area contributed by atoms with Gasteiger partial charge in [-0.3, -0.25) is 0 Å². The van der Waals surface area contributed by atoms with Crippen LogP contribution in [0.4, 0.5) is 0 Å². The lowest BCUT2D eigenvalue weighted by Crippen LogP contribution is -1.95. The van der Waals surface area contributed by atoms with Crippen LogP contribution in [-0.4, -0.2) is 0 Å². The zero-order chi connectivity index (χ0) is 9.41. The summed E-state index contributed by atoms with van der Waals surface area (Å²) in [6, 6.07) is 0. The quantitative estimate of drug-likeness (QED) is 0.555. The number of allylic oxidation sites excluding steroid dienone is 2. The third kappa shape index (κ3) is 1.32. The molecule has 1 aliphatic carbocycles. The Morgan fingerprint density at radius 2 is 1.58 bits per heavy atom. The first-order valence-corrected chi connectivity index (χ1v) is 5.11. The van der Waals surface area contributed by atoms with Gasteiger partial charge in [0.25, 0.3) is 0 Å². The minimum atomic E-state index is 0.525. The lowest BCUT2D eigenvalue weighted by molar-refractivity contribution is 0.457. The predicted molar refractivity (Wildman–Crippen MR) is 55.1 cm³/mol. The minimum Gasteiger partial charge on any atom is -0.0882 e. The van der Waals surface area contributed by atoms with Crippen LogP contribution >= 0.6 is 0 Å². The van der Waals surface area contributed by atoms with Crippen LogP contribution in [0.5, 0.6) is 0 Å². The van der Waals surface area contributed by atoms with Gasteiger partial charge >= 0.3 is 0 Å². The van der Waals surface area contributed by atoms with Gasteiger partial charge in [-0.2, -0.15) is 0 Å². The van der Waals surface area contributed by atoms with Gasteiger partial charge in [0.1, 0.15) is 0 Å². The first-order valence-electron chi connectivity index (χ1n) is 5.11. The van der Waals surface area contributed by atoms with E-state index in [9.17, 15) is 0 Å². The van der Waals surface area contributed by atoms with E-state index in [1.165, 1.54) is 12.8 Å². The Morgan fingerprint density at radius 1 is 1.08 bits per heavy atom. The third-order valence-electron chi connectivity index (χ3n) is 3.92. The highest BCUT2D eigenvalue weighted by Gasteiger charge is 2.62. The molecule has 0 atom stereocenters. The van der Waals surface area contributed by atoms with Gasteiger partial charge in [-0.1, -0.05) is 53.2 Å². The molecule has 0 unspecified atom stereocenters. The molecule has 70 valence electrons. The van der Waals surface area contributed by atoms with Gasteiger partial charge in [-0.05, 0) is 23.2 Å². The molecule has 1 fully saturated rings. The smallest absolute Gasteiger partial charge is 0.0120 e. The van der Waals surface area contributed by atoms with Gasteiger partial charge in [0.15, 0.2) is 0 Å². The molecule has 0 radical (unpaired) electrons. The number of rotatable bonds is 3. The number of hydrogen-bond donors (Lipinski definition) is 0. The SMILES string of the molecule is CCCC=CC1C(C)(C)C1(C)C. The van der Waals surface area contributed by atoms with E-state index in [-0.39, 0.29) is 0 Å². The largest absolute Gasteiger partial charge is 0.0882 e. The van der Waals surface area contributed by atoms with E-state index in [4.69, 9.17) is 0 Å². The fraction of sp³-hybridized carbons (Fsp3) is 0.833. The average Bonchev–Trinajstić information content (AvgIpc) is 2.32. The van der Waals surface area contributed by atoms with Crippen LogP contribution in [0, 0.1) is 16.7 Å². The Hall–Kier alpha value is -0.260. The summed E-state index contributed by atoms with van der Waals surface area (Å²) < 4.78 is 0. The van der Waals surface area contributed by atoms with Crippen molar-refractivity contribution < 1.29 is 0 Å². The highest BCUT2D eigenvalue weighted by molar-refractivity contribution is 5.20. The van der Waals surface area contributed by atoms with Crippen molar-refractivity contribution in [2.75, 3.05) is 0 Å². The molecule has 1 rings (SSSR count). The molecule has 0 heterocycles. The number of unbranched alkanes of at least 4 members (excludes halogenated alkanes) is 1. The number of hydrogen-bond acceptors (Lipinski definition) is 0. The lowest BCUT2D eigenvalue weighted by Gasteiger charge is -2.03. The normalized spacial score (nSPS) is 26.4. The summed E-state index contributed by atoms with van der Waals surface area (Å²) in [5.74, 6) is 0.802. The van der Waals surface area contributed by atoms with Gasteiger partial charge in [0.2, 0.25) is 0 Å². The van der Waals surface area contributed by atoms with Crippen LogP contribution in [0.3, 0.4) is 0 Å². The molecule has 0 aliphatic heterocycles. The Kier molecular flexibility index (Phi) is 2.38. The Morgan fingerprint density at radius 3 is 1.92 bits per heavy atom. The molecule has 0 nitrogen and oxygen atoms in total. The third-order valence-corrected chi connectivity index (χ3v) is 3.92. The monoisotopic (exact) mass is 166 g/mol. The zero-order valence-corrected chi connectivity index (χ0v) is 9.15. The molecule has 0 bridgehead atoms. The van der Waals surface area contributed by atoms with Crippen LogP contribution in [0.25, 0.3) is 0 Å². The van der Waals surface area contributed by atoms with Crippen LogP contribution in [0.2, 0.25) is 0 Å². The molecule has 0 amide bonds. The molecule has 0 aromatic heterocycles. The van der Waals surface area contributed by atoms with E-state index in [1.54, 1.807) is 0 Å². The maximum atomic E-state index is 2.42. The van der Waals surface area contributed by atoms with Crippen molar-refractivity contribution in [3.63, 3.8) is 0 Å². The molecule has 0 saturated heterocycles. The topological polar surface area (TPSA) is 0 Å². The van der Waals surface area contributed by atoms with Gasteiger partial charge in [-0.15, -0.1) is 0 Å². The van der Waals surface area contributed by atoms with Crippen LogP contribution in [0.1, 0.15) is 47.5 Å². The van der Waals surface area contributed by atoms with Crippen molar-refractivity contribution in [2.45, 2.75) is 47.5 Å². The lowest BCUT2D eigenvalue weighted by atomic mass is 10.0. The van der Waals surface area contributed by atoms with E-state index in [0.717, 1.165) is 5.92 Å². The van der Waals surface area contributed by atoms with Crippen LogP contribution in [-0.2, 0) is 0 Å². The fourth-order valence-electron chi connectivity index (χ4n) is 2.13. The van der Waals surface area contributed by atoms with Gasteiger partial charge in [0.05, 0.1) is 0 Å². The van der Waals surface area contributed by atoms with Crippen LogP contribution < -0.4 is 0 Å². The molecular weight excluding hydrogens is 144 g/mol. The molecule has 12 heavy (non-hydrogen) atoms. The van der Waals surface area contributed by atoms with E-state index in [2.05, 4.69) is 46.8 Å². The molecule has 1 saturated carbocycles. The van der Waals surface area contributed by atoms with Crippen molar-refractivity contribution in [1.82, 2.24) is 0 Å². The highest BCUT2D eigenvalue weighted by atomic mass is 14.7. The van der Waals surface area contributed by atoms with Crippen molar-refractivity contribution >= 4 is 0 Å². The fourth-order valence-corrected chi connectivity index (χ4v) is 2.13. The van der Waals surface area contributed by atoms with Gasteiger partial charge in [0, 0.05) is 0 Å². The summed E-state index contributed by atoms with van der Waals surface area (Å²) >= 11 is 0. The van der Waals surface area contributed by atoms with Gasteiger partial charge < -0.3 is 0 Å². The van der Waals surface area contributed by atoms with Crippen molar-refractivity contribution in [1.29, 1.82) is 0 Å².